The van der Waals surface area contributed by atoms with Crippen LogP contribution in [0, 0.1) is 6.92 Å². The van der Waals surface area contributed by atoms with Gasteiger partial charge in [-0.15, -0.1) is 0 Å². The summed E-state index contributed by atoms with van der Waals surface area (Å²) in [6, 6.07) is 10.6. The first kappa shape index (κ1) is 18.7. The molecule has 0 saturated carbocycles. The third-order valence-corrected chi connectivity index (χ3v) is 4.41. The van der Waals surface area contributed by atoms with Crippen LogP contribution in [0.15, 0.2) is 42.6 Å². The van der Waals surface area contributed by atoms with Crippen molar-refractivity contribution in [2.45, 2.75) is 19.4 Å². The van der Waals surface area contributed by atoms with E-state index in [1.807, 2.05) is 13.0 Å². The van der Waals surface area contributed by atoms with Crippen LogP contribution in [-0.4, -0.2) is 54.5 Å². The predicted molar refractivity (Wildman–Crippen MR) is 99.9 cm³/mol. The smallest absolute Gasteiger partial charge is 0.258 e. The van der Waals surface area contributed by atoms with Crippen molar-refractivity contribution in [2.24, 2.45) is 0 Å². The Morgan fingerprint density at radius 2 is 2.07 bits per heavy atom. The molecule has 0 radical (unpaired) electrons. The van der Waals surface area contributed by atoms with E-state index in [1.54, 1.807) is 48.5 Å². The number of ether oxygens (including phenoxy) is 2. The van der Waals surface area contributed by atoms with Gasteiger partial charge in [0.2, 0.25) is 0 Å². The van der Waals surface area contributed by atoms with Crippen LogP contribution in [-0.2, 0) is 4.79 Å². The fourth-order valence-corrected chi connectivity index (χ4v) is 2.95. The van der Waals surface area contributed by atoms with E-state index in [9.17, 15) is 9.59 Å². The lowest BCUT2D eigenvalue weighted by Gasteiger charge is -2.17. The summed E-state index contributed by atoms with van der Waals surface area (Å²) in [5.41, 5.74) is 1.43. The molecule has 0 unspecified atom stereocenters. The lowest BCUT2D eigenvalue weighted by molar-refractivity contribution is -0.123. The number of amides is 2. The Morgan fingerprint density at radius 1 is 1.26 bits per heavy atom. The molecule has 1 atom stereocenters. The van der Waals surface area contributed by atoms with Gasteiger partial charge in [-0.1, -0.05) is 6.07 Å². The molecule has 2 aromatic rings. The third kappa shape index (κ3) is 4.97. The number of hydrogen-bond donors (Lipinski definition) is 1. The van der Waals surface area contributed by atoms with E-state index in [4.69, 9.17) is 9.47 Å². The van der Waals surface area contributed by atoms with Gasteiger partial charge in [-0.25, -0.2) is 0 Å². The summed E-state index contributed by atoms with van der Waals surface area (Å²) in [5, 5.41) is 2.92. The monoisotopic (exact) mass is 369 g/mol. The Morgan fingerprint density at radius 3 is 2.81 bits per heavy atom. The average Bonchev–Trinajstić information content (AvgIpc) is 3.15. The van der Waals surface area contributed by atoms with Crippen molar-refractivity contribution in [1.29, 1.82) is 0 Å². The summed E-state index contributed by atoms with van der Waals surface area (Å²) in [4.78, 5) is 30.5. The first-order valence-electron chi connectivity index (χ1n) is 8.83. The van der Waals surface area contributed by atoms with Crippen LogP contribution in [0.25, 0.3) is 0 Å². The van der Waals surface area contributed by atoms with E-state index >= 15 is 0 Å². The third-order valence-electron chi connectivity index (χ3n) is 4.41. The molecule has 7 nitrogen and oxygen atoms in total. The molecule has 2 heterocycles. The van der Waals surface area contributed by atoms with Crippen molar-refractivity contribution in [2.75, 3.05) is 26.8 Å². The second-order valence-electron chi connectivity index (χ2n) is 6.46. The molecule has 3 rings (SSSR count). The minimum absolute atomic E-state index is 0.0631. The van der Waals surface area contributed by atoms with Crippen LogP contribution in [0.4, 0.5) is 0 Å². The van der Waals surface area contributed by atoms with Crippen LogP contribution >= 0.6 is 0 Å². The SMILES string of the molecule is COc1cccc(OCC(=O)N[C@@H]2CCN(C(=O)c3ccc(C)nc3)C2)c1. The number of nitrogens with zero attached hydrogens (tertiary/aromatic N) is 2. The van der Waals surface area contributed by atoms with Gasteiger partial charge in [-0.2, -0.15) is 0 Å². The molecular formula is C20H23N3O4. The first-order chi connectivity index (χ1) is 13.0. The zero-order chi connectivity index (χ0) is 19.2. The Hall–Kier alpha value is -3.09. The summed E-state index contributed by atoms with van der Waals surface area (Å²) in [6.07, 6.45) is 2.31. The molecule has 0 spiro atoms. The van der Waals surface area contributed by atoms with Gasteiger partial charge in [0, 0.05) is 37.1 Å². The van der Waals surface area contributed by atoms with E-state index in [0.29, 0.717) is 30.2 Å². The molecule has 0 bridgehead atoms. The topological polar surface area (TPSA) is 80.8 Å². The minimum Gasteiger partial charge on any atom is -0.497 e. The van der Waals surface area contributed by atoms with E-state index < -0.39 is 0 Å². The highest BCUT2D eigenvalue weighted by atomic mass is 16.5. The van der Waals surface area contributed by atoms with Crippen LogP contribution in [0.2, 0.25) is 0 Å². The number of aryl methyl sites for hydroxylation is 1. The summed E-state index contributed by atoms with van der Waals surface area (Å²) in [5.74, 6) is 0.962. The number of methoxy groups -OCH3 is 1. The molecular weight excluding hydrogens is 346 g/mol. The Bertz CT molecular complexity index is 807. The highest BCUT2D eigenvalue weighted by Gasteiger charge is 2.28. The van der Waals surface area contributed by atoms with Crippen molar-refractivity contribution in [3.8, 4) is 11.5 Å². The number of aromatic nitrogens is 1. The molecule has 1 aromatic carbocycles. The Labute approximate surface area is 158 Å². The van der Waals surface area contributed by atoms with Crippen molar-refractivity contribution in [3.05, 3.63) is 53.9 Å². The molecule has 7 heteroatoms. The van der Waals surface area contributed by atoms with Gasteiger partial charge < -0.3 is 19.7 Å². The molecule has 0 aliphatic carbocycles. The van der Waals surface area contributed by atoms with Crippen molar-refractivity contribution in [1.82, 2.24) is 15.2 Å². The van der Waals surface area contributed by atoms with Gasteiger partial charge in [0.1, 0.15) is 11.5 Å². The van der Waals surface area contributed by atoms with Crippen LogP contribution in [0.3, 0.4) is 0 Å². The molecule has 1 fully saturated rings. The van der Waals surface area contributed by atoms with Crippen LogP contribution in [0.1, 0.15) is 22.5 Å². The number of hydrogen-bond acceptors (Lipinski definition) is 5. The lowest BCUT2D eigenvalue weighted by Crippen LogP contribution is -2.40. The molecule has 142 valence electrons. The summed E-state index contributed by atoms with van der Waals surface area (Å²) >= 11 is 0. The maximum atomic E-state index is 12.5. The molecule has 1 aromatic heterocycles. The molecule has 1 aliphatic heterocycles. The zero-order valence-corrected chi connectivity index (χ0v) is 15.5. The van der Waals surface area contributed by atoms with Crippen molar-refractivity contribution >= 4 is 11.8 Å². The average molecular weight is 369 g/mol. The highest BCUT2D eigenvalue weighted by molar-refractivity contribution is 5.94. The fourth-order valence-electron chi connectivity index (χ4n) is 2.95. The number of pyridine rings is 1. The Balaban J connectivity index is 1.46. The molecule has 2 amide bonds. The first-order valence-corrected chi connectivity index (χ1v) is 8.83. The van der Waals surface area contributed by atoms with Crippen LogP contribution < -0.4 is 14.8 Å². The number of carbonyl (C=O) groups excluding carboxylic acids is 2. The van der Waals surface area contributed by atoms with Gasteiger partial charge in [-0.3, -0.25) is 14.6 Å². The van der Waals surface area contributed by atoms with E-state index in [-0.39, 0.29) is 24.5 Å². The minimum atomic E-state index is -0.214. The number of carbonyl (C=O) groups is 2. The standard InChI is InChI=1S/C20H23N3O4/c1-14-6-7-15(11-21-14)20(25)23-9-8-16(12-23)22-19(24)13-27-18-5-3-4-17(10-18)26-2/h3-7,10-11,16H,8-9,12-13H2,1-2H3,(H,22,24)/t16-/m1/s1. The van der Waals surface area contributed by atoms with E-state index in [0.717, 1.165) is 12.1 Å². The van der Waals surface area contributed by atoms with Gasteiger partial charge in [-0.05, 0) is 37.6 Å². The largest absolute Gasteiger partial charge is 0.497 e. The highest BCUT2D eigenvalue weighted by Crippen LogP contribution is 2.19. The molecule has 1 saturated heterocycles. The number of nitrogens with one attached hydrogen (secondary N) is 1. The second kappa shape index (κ2) is 8.53. The molecule has 1 N–H and O–H groups in total. The summed E-state index contributed by atoms with van der Waals surface area (Å²) in [7, 11) is 1.58. The second-order valence-corrected chi connectivity index (χ2v) is 6.46. The van der Waals surface area contributed by atoms with Gasteiger partial charge in [0.25, 0.3) is 11.8 Å². The summed E-state index contributed by atoms with van der Waals surface area (Å²) < 4.78 is 10.6. The lowest BCUT2D eigenvalue weighted by atomic mass is 10.2. The maximum absolute atomic E-state index is 12.5. The predicted octanol–water partition coefficient (Wildman–Crippen LogP) is 1.81. The number of rotatable bonds is 6. The van der Waals surface area contributed by atoms with Gasteiger partial charge in [0.15, 0.2) is 6.61 Å². The van der Waals surface area contributed by atoms with Gasteiger partial charge in [0.05, 0.1) is 12.7 Å². The van der Waals surface area contributed by atoms with Gasteiger partial charge >= 0.3 is 0 Å². The molecule has 1 aliphatic rings. The fraction of sp³-hybridized carbons (Fsp3) is 0.350. The number of likely N-dealkylation sites (tertiary alicyclic amines) is 1. The maximum Gasteiger partial charge on any atom is 0.258 e. The summed E-state index contributed by atoms with van der Waals surface area (Å²) in [6.45, 7) is 2.88. The van der Waals surface area contributed by atoms with Crippen molar-refractivity contribution in [3.63, 3.8) is 0 Å². The zero-order valence-electron chi connectivity index (χ0n) is 15.5. The van der Waals surface area contributed by atoms with Crippen LogP contribution in [0.5, 0.6) is 11.5 Å². The normalized spacial score (nSPS) is 16.1. The van der Waals surface area contributed by atoms with E-state index in [1.165, 1.54) is 0 Å². The Kier molecular flexibility index (Phi) is 5.90. The number of benzene rings is 1. The molecule has 27 heavy (non-hydrogen) atoms. The quantitative estimate of drug-likeness (QED) is 0.840. The van der Waals surface area contributed by atoms with Crippen molar-refractivity contribution < 1.29 is 19.1 Å². The van der Waals surface area contributed by atoms with E-state index in [2.05, 4.69) is 10.3 Å².